The topological polar surface area (TPSA) is 75.8 Å². The van der Waals surface area contributed by atoms with Crippen molar-refractivity contribution in [3.63, 3.8) is 0 Å². The Kier molecular flexibility index (Phi) is 5.05. The fourth-order valence-corrected chi connectivity index (χ4v) is 1.36. The highest BCUT2D eigenvalue weighted by Crippen LogP contribution is 2.16. The molecule has 0 bridgehead atoms. The van der Waals surface area contributed by atoms with Crippen LogP contribution in [0, 0.1) is 11.3 Å². The lowest BCUT2D eigenvalue weighted by Gasteiger charge is -1.91. The lowest BCUT2D eigenvalue weighted by Crippen LogP contribution is -1.87. The van der Waals surface area contributed by atoms with E-state index in [1.807, 2.05) is 30.3 Å². The molecule has 2 rings (SSSR count). The van der Waals surface area contributed by atoms with Gasteiger partial charge in [0.05, 0.1) is 5.56 Å². The van der Waals surface area contributed by atoms with Crippen LogP contribution in [0.5, 0.6) is 0 Å². The van der Waals surface area contributed by atoms with Crippen molar-refractivity contribution in [2.75, 3.05) is 11.5 Å². The number of halogens is 1. The highest BCUT2D eigenvalue weighted by molar-refractivity contribution is 9.10. The molecule has 0 aromatic heterocycles. The third-order valence-corrected chi connectivity index (χ3v) is 2.71. The molecule has 0 unspecified atom stereocenters. The molecule has 0 aliphatic carbocycles. The summed E-state index contributed by atoms with van der Waals surface area (Å²) in [5.74, 6) is 0. The number of rotatable bonds is 0. The standard InChI is InChI=1S/C7H6N2.C6H6BrN/c8-5-6-3-1-2-4-7(6)9;7-5-3-1-2-4-6(5)8/h1-4H,9H2;1-4H,8H2. The van der Waals surface area contributed by atoms with Gasteiger partial charge in [-0.25, -0.2) is 0 Å². The molecule has 4 heteroatoms. The van der Waals surface area contributed by atoms with Crippen molar-refractivity contribution in [2.24, 2.45) is 0 Å². The van der Waals surface area contributed by atoms with Crippen LogP contribution in [0.1, 0.15) is 5.56 Å². The van der Waals surface area contributed by atoms with Crippen molar-refractivity contribution in [3.8, 4) is 6.07 Å². The van der Waals surface area contributed by atoms with E-state index in [1.165, 1.54) is 0 Å². The minimum Gasteiger partial charge on any atom is -0.398 e. The maximum absolute atomic E-state index is 8.39. The summed E-state index contributed by atoms with van der Waals surface area (Å²) in [6.45, 7) is 0. The molecule has 17 heavy (non-hydrogen) atoms. The van der Waals surface area contributed by atoms with E-state index in [-0.39, 0.29) is 0 Å². The van der Waals surface area contributed by atoms with Gasteiger partial charge in [0.25, 0.3) is 0 Å². The number of hydrogen-bond donors (Lipinski definition) is 2. The molecule has 0 saturated carbocycles. The molecule has 0 spiro atoms. The number of nitrogens with two attached hydrogens (primary N) is 2. The summed E-state index contributed by atoms with van der Waals surface area (Å²) >= 11 is 3.27. The summed E-state index contributed by atoms with van der Waals surface area (Å²) in [6.07, 6.45) is 0. The van der Waals surface area contributed by atoms with E-state index in [9.17, 15) is 0 Å². The normalized spacial score (nSPS) is 8.71. The predicted octanol–water partition coefficient (Wildman–Crippen LogP) is 3.17. The average Bonchev–Trinajstić information content (AvgIpc) is 2.34. The van der Waals surface area contributed by atoms with Crippen LogP contribution in [0.3, 0.4) is 0 Å². The predicted molar refractivity (Wildman–Crippen MR) is 74.1 cm³/mol. The summed E-state index contributed by atoms with van der Waals surface area (Å²) in [4.78, 5) is 0. The first-order valence-corrected chi connectivity index (χ1v) is 5.69. The number of anilines is 2. The van der Waals surface area contributed by atoms with Crippen LogP contribution in [0.25, 0.3) is 0 Å². The van der Waals surface area contributed by atoms with Gasteiger partial charge in [0.15, 0.2) is 0 Å². The van der Waals surface area contributed by atoms with Crippen molar-refractivity contribution in [2.45, 2.75) is 0 Å². The quantitative estimate of drug-likeness (QED) is 0.732. The highest BCUT2D eigenvalue weighted by Gasteiger charge is 1.90. The van der Waals surface area contributed by atoms with Crippen molar-refractivity contribution in [1.82, 2.24) is 0 Å². The zero-order valence-electron chi connectivity index (χ0n) is 9.10. The Bertz CT molecular complexity index is 511. The van der Waals surface area contributed by atoms with Crippen LogP contribution in [0.2, 0.25) is 0 Å². The number of para-hydroxylation sites is 2. The molecule has 0 aliphatic heterocycles. The molecule has 0 radical (unpaired) electrons. The van der Waals surface area contributed by atoms with Gasteiger partial charge in [-0.2, -0.15) is 5.26 Å². The van der Waals surface area contributed by atoms with Crippen molar-refractivity contribution < 1.29 is 0 Å². The highest BCUT2D eigenvalue weighted by atomic mass is 79.9. The molecular weight excluding hydrogens is 278 g/mol. The largest absolute Gasteiger partial charge is 0.398 e. The lowest BCUT2D eigenvalue weighted by atomic mass is 10.2. The number of nitrogen functional groups attached to an aromatic ring is 2. The number of benzene rings is 2. The van der Waals surface area contributed by atoms with Gasteiger partial charge in [-0.15, -0.1) is 0 Å². The van der Waals surface area contributed by atoms with Crippen molar-refractivity contribution >= 4 is 27.3 Å². The number of hydrogen-bond acceptors (Lipinski definition) is 3. The van der Waals surface area contributed by atoms with Gasteiger partial charge in [0.2, 0.25) is 0 Å². The number of nitrogens with zero attached hydrogens (tertiary/aromatic N) is 1. The van der Waals surface area contributed by atoms with Crippen LogP contribution < -0.4 is 11.5 Å². The van der Waals surface area contributed by atoms with Crippen LogP contribution >= 0.6 is 15.9 Å². The third-order valence-electron chi connectivity index (χ3n) is 1.99. The van der Waals surface area contributed by atoms with Crippen LogP contribution in [-0.2, 0) is 0 Å². The Balaban J connectivity index is 0.000000171. The molecular formula is C13H12BrN3. The molecule has 86 valence electrons. The Morgan fingerprint density at radius 3 is 1.76 bits per heavy atom. The van der Waals surface area contributed by atoms with Gasteiger partial charge < -0.3 is 11.5 Å². The average molecular weight is 290 g/mol. The molecule has 3 nitrogen and oxygen atoms in total. The minimum absolute atomic E-state index is 0.539. The summed E-state index contributed by atoms with van der Waals surface area (Å²) in [5, 5.41) is 8.39. The van der Waals surface area contributed by atoms with Crippen LogP contribution in [-0.4, -0.2) is 0 Å². The molecule has 2 aromatic rings. The fourth-order valence-electron chi connectivity index (χ4n) is 1.07. The van der Waals surface area contributed by atoms with Crippen LogP contribution in [0.15, 0.2) is 53.0 Å². The monoisotopic (exact) mass is 289 g/mol. The summed E-state index contributed by atoms with van der Waals surface area (Å²) < 4.78 is 0.958. The van der Waals surface area contributed by atoms with Gasteiger partial charge >= 0.3 is 0 Å². The van der Waals surface area contributed by atoms with Gasteiger partial charge in [-0.1, -0.05) is 24.3 Å². The second-order valence-electron chi connectivity index (χ2n) is 3.22. The molecule has 0 amide bonds. The van der Waals surface area contributed by atoms with Crippen molar-refractivity contribution in [3.05, 3.63) is 58.6 Å². The molecule has 0 heterocycles. The minimum atomic E-state index is 0.539. The SMILES string of the molecule is N#Cc1ccccc1N.Nc1ccccc1Br. The first-order chi connectivity index (χ1) is 8.15. The summed E-state index contributed by atoms with van der Waals surface area (Å²) in [7, 11) is 0. The van der Waals surface area contributed by atoms with Gasteiger partial charge in [-0.05, 0) is 40.2 Å². The van der Waals surface area contributed by atoms with E-state index in [0.29, 0.717) is 11.3 Å². The van der Waals surface area contributed by atoms with Gasteiger partial charge in [-0.3, -0.25) is 0 Å². The van der Waals surface area contributed by atoms with Crippen molar-refractivity contribution in [1.29, 1.82) is 5.26 Å². The van der Waals surface area contributed by atoms with Gasteiger partial charge in [0, 0.05) is 15.8 Å². The zero-order valence-corrected chi connectivity index (χ0v) is 10.7. The summed E-state index contributed by atoms with van der Waals surface area (Å²) in [6, 6.07) is 16.6. The lowest BCUT2D eigenvalue weighted by molar-refractivity contribution is 1.48. The Morgan fingerprint density at radius 1 is 0.882 bits per heavy atom. The van der Waals surface area contributed by atoms with Crippen LogP contribution in [0.4, 0.5) is 11.4 Å². The van der Waals surface area contributed by atoms with E-state index >= 15 is 0 Å². The molecule has 0 atom stereocenters. The second-order valence-corrected chi connectivity index (χ2v) is 4.07. The van der Waals surface area contributed by atoms with E-state index in [2.05, 4.69) is 15.9 Å². The summed E-state index contributed by atoms with van der Waals surface area (Å²) in [5.41, 5.74) is 12.7. The van der Waals surface area contributed by atoms with E-state index in [1.54, 1.807) is 24.3 Å². The molecule has 0 fully saturated rings. The Morgan fingerprint density at radius 2 is 1.41 bits per heavy atom. The van der Waals surface area contributed by atoms with E-state index in [0.717, 1.165) is 10.2 Å². The maximum Gasteiger partial charge on any atom is 0.101 e. The first kappa shape index (κ1) is 13.1. The molecule has 2 aromatic carbocycles. The fraction of sp³-hybridized carbons (Fsp3) is 0. The Hall–Kier alpha value is -1.99. The maximum atomic E-state index is 8.39. The Labute approximate surface area is 109 Å². The van der Waals surface area contributed by atoms with E-state index in [4.69, 9.17) is 16.7 Å². The third kappa shape index (κ3) is 4.17. The second kappa shape index (κ2) is 6.56. The molecule has 0 aliphatic rings. The van der Waals surface area contributed by atoms with E-state index < -0.39 is 0 Å². The molecule has 4 N–H and O–H groups in total. The van der Waals surface area contributed by atoms with Gasteiger partial charge in [0.1, 0.15) is 6.07 Å². The molecule has 0 saturated heterocycles. The smallest absolute Gasteiger partial charge is 0.101 e. The first-order valence-electron chi connectivity index (χ1n) is 4.89. The zero-order chi connectivity index (χ0) is 12.7. The number of nitriles is 1.